The molecule has 0 aliphatic carbocycles. The summed E-state index contributed by atoms with van der Waals surface area (Å²) in [6.07, 6.45) is 1.54. The van der Waals surface area contributed by atoms with Crippen molar-refractivity contribution in [2.45, 2.75) is 20.5 Å². The van der Waals surface area contributed by atoms with Crippen LogP contribution in [-0.4, -0.2) is 36.6 Å². The molecule has 0 aliphatic rings. The van der Waals surface area contributed by atoms with E-state index in [1.54, 1.807) is 36.5 Å². The fourth-order valence-electron chi connectivity index (χ4n) is 2.97. The smallest absolute Gasteiger partial charge is 0.325 e. The second-order valence-corrected chi connectivity index (χ2v) is 6.48. The molecule has 0 unspecified atom stereocenters. The number of amides is 1. The Bertz CT molecular complexity index is 1090. The van der Waals surface area contributed by atoms with E-state index in [1.807, 2.05) is 13.8 Å². The molecular weight excluding hydrogens is 403 g/mol. The third-order valence-electron chi connectivity index (χ3n) is 4.39. The fraction of sp³-hybridized carbons (Fsp3) is 0.261. The number of aromatic nitrogens is 1. The van der Waals surface area contributed by atoms with Crippen molar-refractivity contribution in [2.75, 3.05) is 19.8 Å². The summed E-state index contributed by atoms with van der Waals surface area (Å²) in [7, 11) is 0. The molecule has 7 nitrogen and oxygen atoms in total. The Labute approximate surface area is 179 Å². The monoisotopic (exact) mass is 426 g/mol. The van der Waals surface area contributed by atoms with Crippen LogP contribution in [0.1, 0.15) is 29.8 Å². The van der Waals surface area contributed by atoms with Crippen LogP contribution in [0, 0.1) is 5.82 Å². The highest BCUT2D eigenvalue weighted by molar-refractivity contribution is 5.96. The van der Waals surface area contributed by atoms with Gasteiger partial charge in [0.05, 0.1) is 18.7 Å². The molecule has 1 amide bonds. The van der Waals surface area contributed by atoms with Crippen LogP contribution in [0.15, 0.2) is 48.7 Å². The number of esters is 1. The lowest BCUT2D eigenvalue weighted by molar-refractivity contribution is -0.143. The minimum Gasteiger partial charge on any atom is -0.490 e. The highest BCUT2D eigenvalue weighted by Gasteiger charge is 2.14. The first-order valence-corrected chi connectivity index (χ1v) is 9.89. The standard InChI is InChI=1S/C23H23FN2O5/c1-3-29-19-10-8-15(12-20(19)30-4-2)23(28)26-13-21(27)31-14-16-7-9-18(24)17-6-5-11-25-22(16)17/h5-12H,3-4,13-14H2,1-2H3,(H,26,28). The maximum atomic E-state index is 13.9. The number of carbonyl (C=O) groups excluding carboxylic acids is 2. The average molecular weight is 426 g/mol. The van der Waals surface area contributed by atoms with Crippen molar-refractivity contribution in [3.05, 3.63) is 65.6 Å². The van der Waals surface area contributed by atoms with Gasteiger partial charge in [0.2, 0.25) is 0 Å². The first-order chi connectivity index (χ1) is 15.0. The minimum absolute atomic E-state index is 0.0833. The minimum atomic E-state index is -0.627. The van der Waals surface area contributed by atoms with E-state index in [9.17, 15) is 14.0 Å². The molecule has 1 aromatic heterocycles. The molecule has 0 spiro atoms. The van der Waals surface area contributed by atoms with Gasteiger partial charge in [-0.25, -0.2) is 4.39 Å². The molecule has 162 valence electrons. The zero-order chi connectivity index (χ0) is 22.2. The Morgan fingerprint density at radius 1 is 1.03 bits per heavy atom. The van der Waals surface area contributed by atoms with Gasteiger partial charge in [-0.3, -0.25) is 14.6 Å². The van der Waals surface area contributed by atoms with Gasteiger partial charge in [0, 0.05) is 22.7 Å². The van der Waals surface area contributed by atoms with Crippen LogP contribution in [0.5, 0.6) is 11.5 Å². The van der Waals surface area contributed by atoms with Gasteiger partial charge >= 0.3 is 5.97 Å². The van der Waals surface area contributed by atoms with Crippen molar-refractivity contribution in [3.63, 3.8) is 0 Å². The molecule has 0 fully saturated rings. The molecule has 8 heteroatoms. The third-order valence-corrected chi connectivity index (χ3v) is 4.39. The topological polar surface area (TPSA) is 86.8 Å². The van der Waals surface area contributed by atoms with Crippen molar-refractivity contribution < 1.29 is 28.2 Å². The fourth-order valence-corrected chi connectivity index (χ4v) is 2.97. The van der Waals surface area contributed by atoms with E-state index >= 15 is 0 Å². The number of carbonyl (C=O) groups is 2. The predicted molar refractivity (Wildman–Crippen MR) is 113 cm³/mol. The van der Waals surface area contributed by atoms with E-state index < -0.39 is 17.7 Å². The summed E-state index contributed by atoms with van der Waals surface area (Å²) < 4.78 is 30.1. The SMILES string of the molecule is CCOc1ccc(C(=O)NCC(=O)OCc2ccc(F)c3cccnc23)cc1OCC. The molecular formula is C23H23FN2O5. The summed E-state index contributed by atoms with van der Waals surface area (Å²) >= 11 is 0. The number of benzene rings is 2. The first kappa shape index (κ1) is 22.0. The van der Waals surface area contributed by atoms with Crippen molar-refractivity contribution in [2.24, 2.45) is 0 Å². The quantitative estimate of drug-likeness (QED) is 0.526. The molecule has 0 saturated carbocycles. The van der Waals surface area contributed by atoms with Crippen molar-refractivity contribution in [1.82, 2.24) is 10.3 Å². The van der Waals surface area contributed by atoms with Crippen LogP contribution in [0.3, 0.4) is 0 Å². The molecule has 0 bridgehead atoms. The Balaban J connectivity index is 1.58. The number of nitrogens with one attached hydrogen (secondary N) is 1. The number of hydrogen-bond donors (Lipinski definition) is 1. The Morgan fingerprint density at radius 3 is 2.58 bits per heavy atom. The van der Waals surface area contributed by atoms with Gasteiger partial charge < -0.3 is 19.5 Å². The zero-order valence-electron chi connectivity index (χ0n) is 17.3. The zero-order valence-corrected chi connectivity index (χ0v) is 17.3. The van der Waals surface area contributed by atoms with Crippen molar-refractivity contribution >= 4 is 22.8 Å². The summed E-state index contributed by atoms with van der Waals surface area (Å²) in [5.41, 5.74) is 1.33. The lowest BCUT2D eigenvalue weighted by atomic mass is 10.1. The maximum absolute atomic E-state index is 13.9. The van der Waals surface area contributed by atoms with E-state index in [0.717, 1.165) is 0 Å². The molecule has 0 aliphatic heterocycles. The lowest BCUT2D eigenvalue weighted by Gasteiger charge is -2.12. The lowest BCUT2D eigenvalue weighted by Crippen LogP contribution is -2.30. The van der Waals surface area contributed by atoms with Crippen LogP contribution >= 0.6 is 0 Å². The molecule has 0 atom stereocenters. The summed E-state index contributed by atoms with van der Waals surface area (Å²) in [5.74, 6) is -0.476. The largest absolute Gasteiger partial charge is 0.490 e. The Morgan fingerprint density at radius 2 is 1.81 bits per heavy atom. The van der Waals surface area contributed by atoms with Gasteiger partial charge in [0.1, 0.15) is 19.0 Å². The van der Waals surface area contributed by atoms with Gasteiger partial charge in [-0.2, -0.15) is 0 Å². The van der Waals surface area contributed by atoms with Gasteiger partial charge in [-0.05, 0) is 50.2 Å². The van der Waals surface area contributed by atoms with Crippen molar-refractivity contribution in [3.8, 4) is 11.5 Å². The number of ether oxygens (including phenoxy) is 3. The number of fused-ring (bicyclic) bond motifs is 1. The van der Waals surface area contributed by atoms with E-state index in [0.29, 0.717) is 46.7 Å². The summed E-state index contributed by atoms with van der Waals surface area (Å²) in [4.78, 5) is 28.6. The van der Waals surface area contributed by atoms with Crippen LogP contribution in [-0.2, 0) is 16.1 Å². The van der Waals surface area contributed by atoms with E-state index in [4.69, 9.17) is 14.2 Å². The molecule has 3 rings (SSSR count). The summed E-state index contributed by atoms with van der Waals surface area (Å²) in [5, 5.41) is 2.87. The first-order valence-electron chi connectivity index (χ1n) is 9.89. The molecule has 3 aromatic rings. The molecule has 0 radical (unpaired) electrons. The van der Waals surface area contributed by atoms with Crippen LogP contribution in [0.4, 0.5) is 4.39 Å². The van der Waals surface area contributed by atoms with Crippen LogP contribution in [0.25, 0.3) is 10.9 Å². The van der Waals surface area contributed by atoms with Gasteiger partial charge in [0.15, 0.2) is 11.5 Å². The van der Waals surface area contributed by atoms with E-state index in [-0.39, 0.29) is 13.2 Å². The highest BCUT2D eigenvalue weighted by atomic mass is 19.1. The number of pyridine rings is 1. The second kappa shape index (κ2) is 10.4. The second-order valence-electron chi connectivity index (χ2n) is 6.48. The molecule has 1 N–H and O–H groups in total. The van der Waals surface area contributed by atoms with Crippen LogP contribution < -0.4 is 14.8 Å². The number of halogens is 1. The van der Waals surface area contributed by atoms with Gasteiger partial charge in [0.25, 0.3) is 5.91 Å². The number of nitrogens with zero attached hydrogens (tertiary/aromatic N) is 1. The summed E-state index contributed by atoms with van der Waals surface area (Å²) in [6.45, 7) is 4.18. The van der Waals surface area contributed by atoms with Gasteiger partial charge in [-0.15, -0.1) is 0 Å². The highest BCUT2D eigenvalue weighted by Crippen LogP contribution is 2.28. The van der Waals surface area contributed by atoms with E-state index in [1.165, 1.54) is 12.1 Å². The predicted octanol–water partition coefficient (Wildman–Crippen LogP) is 3.64. The molecule has 2 aromatic carbocycles. The normalized spacial score (nSPS) is 10.5. The molecule has 0 saturated heterocycles. The van der Waals surface area contributed by atoms with Gasteiger partial charge in [-0.1, -0.05) is 6.07 Å². The maximum Gasteiger partial charge on any atom is 0.325 e. The molecule has 31 heavy (non-hydrogen) atoms. The number of rotatable bonds is 9. The molecule has 1 heterocycles. The summed E-state index contributed by atoms with van der Waals surface area (Å²) in [6, 6.07) is 10.9. The Hall–Kier alpha value is -3.68. The van der Waals surface area contributed by atoms with Crippen LogP contribution in [0.2, 0.25) is 0 Å². The van der Waals surface area contributed by atoms with E-state index in [2.05, 4.69) is 10.3 Å². The number of hydrogen-bond acceptors (Lipinski definition) is 6. The third kappa shape index (κ3) is 5.48. The Kier molecular flexibility index (Phi) is 7.37. The van der Waals surface area contributed by atoms with Crippen molar-refractivity contribution in [1.29, 1.82) is 0 Å². The average Bonchev–Trinajstić information content (AvgIpc) is 2.78.